The second kappa shape index (κ2) is 6.10. The highest BCUT2D eigenvalue weighted by Gasteiger charge is 2.34. The molecule has 1 aliphatic carbocycles. The number of nitrogens with zero attached hydrogens (tertiary/aromatic N) is 1. The van der Waals surface area contributed by atoms with Gasteiger partial charge in [0.15, 0.2) is 0 Å². The van der Waals surface area contributed by atoms with E-state index in [0.29, 0.717) is 5.33 Å². The summed E-state index contributed by atoms with van der Waals surface area (Å²) < 4.78 is 0. The lowest BCUT2D eigenvalue weighted by Gasteiger charge is -2.28. The number of nitrogens with one attached hydrogen (secondary N) is 1. The number of hydrogen-bond acceptors (Lipinski definition) is 3. The predicted octanol–water partition coefficient (Wildman–Crippen LogP) is 3.69. The summed E-state index contributed by atoms with van der Waals surface area (Å²) in [5.74, 6) is -0.322. The first-order valence-corrected chi connectivity index (χ1v) is 7.79. The normalized spacial score (nSPS) is 16.9. The Labute approximate surface area is 130 Å². The largest absolute Gasteiger partial charge is 0.346 e. The molecule has 1 aromatic carbocycles. The van der Waals surface area contributed by atoms with E-state index in [9.17, 15) is 14.9 Å². The number of non-ortho nitro benzene ring substituents is 1. The van der Waals surface area contributed by atoms with Crippen molar-refractivity contribution < 1.29 is 9.72 Å². The second-order valence-corrected chi connectivity index (χ2v) is 6.03. The van der Waals surface area contributed by atoms with Crippen LogP contribution in [0.1, 0.15) is 36.0 Å². The molecule has 5 nitrogen and oxygen atoms in total. The van der Waals surface area contributed by atoms with Crippen LogP contribution in [0.5, 0.6) is 0 Å². The molecule has 7 heteroatoms. The van der Waals surface area contributed by atoms with Gasteiger partial charge < -0.3 is 5.32 Å². The Hall–Kier alpha value is -1.14. The Bertz CT molecular complexity index is 544. The predicted molar refractivity (Wildman–Crippen MR) is 80.6 cm³/mol. The van der Waals surface area contributed by atoms with E-state index >= 15 is 0 Å². The fourth-order valence-electron chi connectivity index (χ4n) is 2.47. The van der Waals surface area contributed by atoms with Crippen LogP contribution in [0.25, 0.3) is 0 Å². The van der Waals surface area contributed by atoms with E-state index in [4.69, 9.17) is 11.6 Å². The average molecular weight is 362 g/mol. The lowest BCUT2D eigenvalue weighted by Crippen LogP contribution is -2.47. The van der Waals surface area contributed by atoms with Gasteiger partial charge in [0.2, 0.25) is 0 Å². The highest BCUT2D eigenvalue weighted by molar-refractivity contribution is 9.09. The van der Waals surface area contributed by atoms with Gasteiger partial charge in [-0.25, -0.2) is 0 Å². The van der Waals surface area contributed by atoms with Gasteiger partial charge in [0, 0.05) is 28.0 Å². The van der Waals surface area contributed by atoms with Crippen LogP contribution in [0.4, 0.5) is 5.69 Å². The third kappa shape index (κ3) is 3.30. The maximum atomic E-state index is 12.3. The van der Waals surface area contributed by atoms with Crippen LogP contribution in [-0.4, -0.2) is 21.7 Å². The number of amides is 1. The first kappa shape index (κ1) is 15.3. The van der Waals surface area contributed by atoms with E-state index in [2.05, 4.69) is 21.2 Å². The van der Waals surface area contributed by atoms with Crippen molar-refractivity contribution in [3.05, 3.63) is 38.9 Å². The molecule has 0 aromatic heterocycles. The summed E-state index contributed by atoms with van der Waals surface area (Å²) in [5, 5.41) is 14.6. The Morgan fingerprint density at radius 1 is 1.40 bits per heavy atom. The van der Waals surface area contributed by atoms with Gasteiger partial charge in [0.05, 0.1) is 10.5 Å². The summed E-state index contributed by atoms with van der Waals surface area (Å²) in [7, 11) is 0. The Balaban J connectivity index is 2.22. The van der Waals surface area contributed by atoms with Crippen molar-refractivity contribution in [3.8, 4) is 0 Å². The van der Waals surface area contributed by atoms with E-state index < -0.39 is 4.92 Å². The summed E-state index contributed by atoms with van der Waals surface area (Å²) in [4.78, 5) is 22.5. The van der Waals surface area contributed by atoms with E-state index in [-0.39, 0.29) is 27.7 Å². The highest BCUT2D eigenvalue weighted by atomic mass is 79.9. The number of halogens is 2. The van der Waals surface area contributed by atoms with Gasteiger partial charge in [-0.2, -0.15) is 0 Å². The number of nitro benzene ring substituents is 1. The summed E-state index contributed by atoms with van der Waals surface area (Å²) >= 11 is 9.27. The zero-order valence-electron chi connectivity index (χ0n) is 10.7. The van der Waals surface area contributed by atoms with Crippen molar-refractivity contribution in [2.75, 3.05) is 5.33 Å². The topological polar surface area (TPSA) is 72.2 Å². The highest BCUT2D eigenvalue weighted by Crippen LogP contribution is 2.32. The van der Waals surface area contributed by atoms with Crippen LogP contribution >= 0.6 is 27.5 Å². The molecule has 1 saturated carbocycles. The van der Waals surface area contributed by atoms with Gasteiger partial charge in [-0.3, -0.25) is 14.9 Å². The molecule has 1 fully saturated rings. The number of carbonyl (C=O) groups is 1. The molecule has 108 valence electrons. The molecule has 1 aromatic rings. The third-order valence-electron chi connectivity index (χ3n) is 3.55. The minimum absolute atomic E-state index is 0.179. The first-order chi connectivity index (χ1) is 9.46. The molecular formula is C13H14BrClN2O3. The van der Waals surface area contributed by atoms with Crippen molar-refractivity contribution in [2.45, 2.75) is 31.2 Å². The second-order valence-electron chi connectivity index (χ2n) is 5.03. The number of hydrogen-bond donors (Lipinski definition) is 1. The minimum atomic E-state index is -0.557. The first-order valence-electron chi connectivity index (χ1n) is 6.29. The molecule has 1 aliphatic rings. The van der Waals surface area contributed by atoms with Gasteiger partial charge in [-0.15, -0.1) is 0 Å². The fourth-order valence-corrected chi connectivity index (χ4v) is 3.40. The number of benzene rings is 1. The Morgan fingerprint density at radius 3 is 2.60 bits per heavy atom. The number of rotatable bonds is 4. The monoisotopic (exact) mass is 360 g/mol. The van der Waals surface area contributed by atoms with Crippen molar-refractivity contribution in [1.29, 1.82) is 0 Å². The fraction of sp³-hybridized carbons (Fsp3) is 0.462. The molecule has 0 bridgehead atoms. The molecule has 1 amide bonds. The van der Waals surface area contributed by atoms with Gasteiger partial charge in [-0.05, 0) is 18.9 Å². The molecule has 0 spiro atoms. The molecule has 0 saturated heterocycles. The van der Waals surface area contributed by atoms with E-state index in [1.807, 2.05) is 0 Å². The van der Waals surface area contributed by atoms with Crippen molar-refractivity contribution >= 4 is 39.1 Å². The molecule has 0 heterocycles. The third-order valence-corrected chi connectivity index (χ3v) is 4.84. The van der Waals surface area contributed by atoms with Gasteiger partial charge in [-0.1, -0.05) is 40.4 Å². The molecule has 20 heavy (non-hydrogen) atoms. The van der Waals surface area contributed by atoms with E-state index in [1.165, 1.54) is 18.2 Å². The molecule has 0 aliphatic heterocycles. The molecular weight excluding hydrogens is 348 g/mol. The molecule has 2 rings (SSSR count). The van der Waals surface area contributed by atoms with E-state index in [1.54, 1.807) is 0 Å². The standard InChI is InChI=1S/C13H14BrClN2O3/c14-8-13(3-1-2-4-13)16-12(18)9-5-10(15)7-11(6-9)17(19)20/h5-7H,1-4,8H2,(H,16,18). The smallest absolute Gasteiger partial charge is 0.271 e. The van der Waals surface area contributed by atoms with Crippen LogP contribution in [0, 0.1) is 10.1 Å². The van der Waals surface area contributed by atoms with Gasteiger partial charge in [0.1, 0.15) is 0 Å². The quantitative estimate of drug-likeness (QED) is 0.505. The zero-order valence-corrected chi connectivity index (χ0v) is 13.0. The summed E-state index contributed by atoms with van der Waals surface area (Å²) in [6, 6.07) is 3.92. The molecule has 0 atom stereocenters. The van der Waals surface area contributed by atoms with Gasteiger partial charge in [0.25, 0.3) is 11.6 Å². The Morgan fingerprint density at radius 2 is 2.05 bits per heavy atom. The van der Waals surface area contributed by atoms with Crippen molar-refractivity contribution in [2.24, 2.45) is 0 Å². The molecule has 1 N–H and O–H groups in total. The maximum Gasteiger partial charge on any atom is 0.271 e. The van der Waals surface area contributed by atoms with Crippen molar-refractivity contribution in [1.82, 2.24) is 5.32 Å². The van der Waals surface area contributed by atoms with Crippen LogP contribution < -0.4 is 5.32 Å². The Kier molecular flexibility index (Phi) is 4.65. The van der Waals surface area contributed by atoms with Crippen LogP contribution in [0.2, 0.25) is 5.02 Å². The molecule has 0 unspecified atom stereocenters. The van der Waals surface area contributed by atoms with Crippen molar-refractivity contribution in [3.63, 3.8) is 0 Å². The minimum Gasteiger partial charge on any atom is -0.346 e. The summed E-state index contributed by atoms with van der Waals surface area (Å²) in [6.45, 7) is 0. The van der Waals surface area contributed by atoms with Crippen LogP contribution in [0.15, 0.2) is 18.2 Å². The van der Waals surface area contributed by atoms with Crippen LogP contribution in [0.3, 0.4) is 0 Å². The maximum absolute atomic E-state index is 12.3. The number of nitro groups is 1. The number of carbonyl (C=O) groups excluding carboxylic acids is 1. The lowest BCUT2D eigenvalue weighted by molar-refractivity contribution is -0.384. The lowest BCUT2D eigenvalue weighted by atomic mass is 10.00. The summed E-state index contributed by atoms with van der Waals surface area (Å²) in [6.07, 6.45) is 3.96. The van der Waals surface area contributed by atoms with Gasteiger partial charge >= 0.3 is 0 Å². The summed E-state index contributed by atoms with van der Waals surface area (Å²) in [5.41, 5.74) is -0.216. The SMILES string of the molecule is O=C(NC1(CBr)CCCC1)c1cc(Cl)cc([N+](=O)[O-])c1. The van der Waals surface area contributed by atoms with E-state index in [0.717, 1.165) is 25.7 Å². The zero-order chi connectivity index (χ0) is 14.8. The number of alkyl halides is 1. The molecule has 0 radical (unpaired) electrons. The van der Waals surface area contributed by atoms with Crippen LogP contribution in [-0.2, 0) is 0 Å². The average Bonchev–Trinajstić information content (AvgIpc) is 2.87.